The first-order chi connectivity index (χ1) is 10.9. The number of benzene rings is 2. The fourth-order valence-corrected chi connectivity index (χ4v) is 3.46. The van der Waals surface area contributed by atoms with Gasteiger partial charge < -0.3 is 9.47 Å². The second-order valence-corrected chi connectivity index (χ2v) is 7.78. The normalized spacial score (nSPS) is 17.0. The molecule has 1 unspecified atom stereocenters. The monoisotopic (exact) mass is 328 g/mol. The molecule has 0 aliphatic carbocycles. The molecule has 3 rings (SSSR count). The average molecular weight is 328 g/mol. The molecule has 0 saturated heterocycles. The predicted molar refractivity (Wildman–Crippen MR) is 91.8 cm³/mol. The van der Waals surface area contributed by atoms with Crippen LogP contribution in [0.5, 0.6) is 11.5 Å². The quantitative estimate of drug-likeness (QED) is 0.822. The Morgan fingerprint density at radius 2 is 1.83 bits per heavy atom. The number of fused-ring (bicyclic) bond motifs is 1. The molecule has 0 aromatic heterocycles. The Balaban J connectivity index is 1.78. The van der Waals surface area contributed by atoms with Gasteiger partial charge in [0, 0.05) is 16.9 Å². The second kappa shape index (κ2) is 6.20. The van der Waals surface area contributed by atoms with Crippen molar-refractivity contribution in [1.29, 1.82) is 0 Å². The van der Waals surface area contributed by atoms with Crippen molar-refractivity contribution in [2.45, 2.75) is 32.3 Å². The van der Waals surface area contributed by atoms with Crippen LogP contribution in [-0.4, -0.2) is 4.21 Å². The van der Waals surface area contributed by atoms with Crippen molar-refractivity contribution in [3.8, 4) is 11.5 Å². The van der Waals surface area contributed by atoms with E-state index in [4.69, 9.17) is 9.47 Å². The zero-order chi connectivity index (χ0) is 16.4. The van der Waals surface area contributed by atoms with Crippen LogP contribution < -0.4 is 9.47 Å². The molecule has 120 valence electrons. The SMILES string of the molecule is CC(C)(C)C1=CS(=O)c2cc(OCc3ccccc3)ccc2O1. The lowest BCUT2D eigenvalue weighted by Gasteiger charge is -2.27. The molecule has 0 spiro atoms. The van der Waals surface area contributed by atoms with Gasteiger partial charge in [0.1, 0.15) is 23.9 Å². The topological polar surface area (TPSA) is 35.5 Å². The minimum atomic E-state index is -1.22. The zero-order valence-electron chi connectivity index (χ0n) is 13.5. The highest BCUT2D eigenvalue weighted by Gasteiger charge is 2.27. The van der Waals surface area contributed by atoms with Gasteiger partial charge in [-0.25, -0.2) is 4.21 Å². The summed E-state index contributed by atoms with van der Waals surface area (Å²) in [6.45, 7) is 6.60. The van der Waals surface area contributed by atoms with Gasteiger partial charge in [-0.05, 0) is 17.7 Å². The molecule has 0 radical (unpaired) electrons. The minimum Gasteiger partial charge on any atom is -0.489 e. The largest absolute Gasteiger partial charge is 0.489 e. The van der Waals surface area contributed by atoms with Gasteiger partial charge in [-0.15, -0.1) is 0 Å². The van der Waals surface area contributed by atoms with Gasteiger partial charge in [0.2, 0.25) is 0 Å². The van der Waals surface area contributed by atoms with Crippen molar-refractivity contribution < 1.29 is 13.7 Å². The summed E-state index contributed by atoms with van der Waals surface area (Å²) in [5, 5.41) is 1.68. The van der Waals surface area contributed by atoms with Crippen molar-refractivity contribution in [3.05, 3.63) is 65.3 Å². The third-order valence-electron chi connectivity index (χ3n) is 3.55. The lowest BCUT2D eigenvalue weighted by Crippen LogP contribution is -2.19. The summed E-state index contributed by atoms with van der Waals surface area (Å²) in [5.74, 6) is 2.07. The Morgan fingerprint density at radius 3 is 2.52 bits per heavy atom. The zero-order valence-corrected chi connectivity index (χ0v) is 14.4. The highest BCUT2D eigenvalue weighted by atomic mass is 32.2. The summed E-state index contributed by atoms with van der Waals surface area (Å²) in [7, 11) is -1.22. The lowest BCUT2D eigenvalue weighted by atomic mass is 9.95. The van der Waals surface area contributed by atoms with Crippen molar-refractivity contribution in [3.63, 3.8) is 0 Å². The maximum Gasteiger partial charge on any atom is 0.143 e. The van der Waals surface area contributed by atoms with E-state index in [0.717, 1.165) is 11.3 Å². The van der Waals surface area contributed by atoms with Gasteiger partial charge in [-0.2, -0.15) is 0 Å². The lowest BCUT2D eigenvalue weighted by molar-refractivity contribution is 0.283. The van der Waals surface area contributed by atoms with E-state index in [0.29, 0.717) is 23.0 Å². The van der Waals surface area contributed by atoms with Crippen molar-refractivity contribution >= 4 is 10.8 Å². The number of ether oxygens (including phenoxy) is 2. The number of hydrogen-bond donors (Lipinski definition) is 0. The Hall–Kier alpha value is -2.07. The third kappa shape index (κ3) is 3.64. The van der Waals surface area contributed by atoms with E-state index >= 15 is 0 Å². The molecule has 0 bridgehead atoms. The van der Waals surface area contributed by atoms with Crippen molar-refractivity contribution in [1.82, 2.24) is 0 Å². The molecule has 0 saturated carbocycles. The van der Waals surface area contributed by atoms with Crippen LogP contribution in [0.25, 0.3) is 0 Å². The van der Waals surface area contributed by atoms with Crippen LogP contribution in [0.2, 0.25) is 0 Å². The van der Waals surface area contributed by atoms with Crippen LogP contribution in [0, 0.1) is 5.41 Å². The fraction of sp³-hybridized carbons (Fsp3) is 0.263. The van der Waals surface area contributed by atoms with Gasteiger partial charge in [0.25, 0.3) is 0 Å². The average Bonchev–Trinajstić information content (AvgIpc) is 2.53. The standard InChI is InChI=1S/C19H20O3S/c1-19(2,3)18-13-23(20)17-11-15(9-10-16(17)22-18)21-12-14-7-5-4-6-8-14/h4-11,13H,12H2,1-3H3. The number of allylic oxidation sites excluding steroid dienone is 1. The van der Waals surface area contributed by atoms with Crippen molar-refractivity contribution in [2.75, 3.05) is 0 Å². The molecular weight excluding hydrogens is 308 g/mol. The van der Waals surface area contributed by atoms with Crippen LogP contribution in [0.15, 0.2) is 64.6 Å². The van der Waals surface area contributed by atoms with Crippen LogP contribution in [0.3, 0.4) is 0 Å². The Labute approximate surface area is 139 Å². The Kier molecular flexibility index (Phi) is 4.26. The van der Waals surface area contributed by atoms with E-state index in [9.17, 15) is 4.21 Å². The van der Waals surface area contributed by atoms with Gasteiger partial charge >= 0.3 is 0 Å². The Bertz CT molecular complexity index is 758. The summed E-state index contributed by atoms with van der Waals surface area (Å²) < 4.78 is 24.2. The van der Waals surface area contributed by atoms with Crippen LogP contribution in [-0.2, 0) is 17.4 Å². The molecule has 0 N–H and O–H groups in total. The summed E-state index contributed by atoms with van der Waals surface area (Å²) in [4.78, 5) is 0.656. The maximum absolute atomic E-state index is 12.5. The number of hydrogen-bond acceptors (Lipinski definition) is 3. The highest BCUT2D eigenvalue weighted by Crippen LogP contribution is 2.38. The minimum absolute atomic E-state index is 0.171. The van der Waals surface area contributed by atoms with Crippen molar-refractivity contribution in [2.24, 2.45) is 5.41 Å². The van der Waals surface area contributed by atoms with Gasteiger partial charge in [0.05, 0.1) is 15.7 Å². The van der Waals surface area contributed by atoms with Gasteiger partial charge in [-0.3, -0.25) is 0 Å². The maximum atomic E-state index is 12.5. The third-order valence-corrected chi connectivity index (χ3v) is 4.73. The molecule has 4 heteroatoms. The second-order valence-electron chi connectivity index (χ2n) is 6.51. The number of rotatable bonds is 3. The van der Waals surface area contributed by atoms with E-state index in [-0.39, 0.29) is 5.41 Å². The Morgan fingerprint density at radius 1 is 1.09 bits per heavy atom. The van der Waals surface area contributed by atoms with Crippen LogP contribution in [0.4, 0.5) is 0 Å². The molecule has 2 aromatic carbocycles. The first-order valence-corrected chi connectivity index (χ1v) is 8.76. The summed E-state index contributed by atoms with van der Waals surface area (Å²) in [5.41, 5.74) is 0.924. The van der Waals surface area contributed by atoms with E-state index in [1.165, 1.54) is 0 Å². The molecule has 1 atom stereocenters. The van der Waals surface area contributed by atoms with Gasteiger partial charge in [-0.1, -0.05) is 51.1 Å². The van der Waals surface area contributed by atoms with Gasteiger partial charge in [0.15, 0.2) is 0 Å². The van der Waals surface area contributed by atoms with E-state index in [1.54, 1.807) is 11.5 Å². The van der Waals surface area contributed by atoms with E-state index in [1.807, 2.05) is 63.2 Å². The molecule has 23 heavy (non-hydrogen) atoms. The molecule has 2 aromatic rings. The smallest absolute Gasteiger partial charge is 0.143 e. The van der Waals surface area contributed by atoms with E-state index in [2.05, 4.69) is 0 Å². The summed E-state index contributed by atoms with van der Waals surface area (Å²) in [6, 6.07) is 15.4. The fourth-order valence-electron chi connectivity index (χ4n) is 2.19. The molecule has 1 aliphatic heterocycles. The molecule has 3 nitrogen and oxygen atoms in total. The van der Waals surface area contributed by atoms with E-state index < -0.39 is 10.8 Å². The molecule has 1 heterocycles. The molecule has 1 aliphatic rings. The first-order valence-electron chi connectivity index (χ1n) is 7.55. The molecular formula is C19H20O3S. The molecule has 0 fully saturated rings. The first kappa shape index (κ1) is 15.8. The summed E-state index contributed by atoms with van der Waals surface area (Å²) in [6.07, 6.45) is 0. The highest BCUT2D eigenvalue weighted by molar-refractivity contribution is 7.88. The molecule has 0 amide bonds. The predicted octanol–water partition coefficient (Wildman–Crippen LogP) is 4.65. The van der Waals surface area contributed by atoms with Crippen LogP contribution in [0.1, 0.15) is 26.3 Å². The summed E-state index contributed by atoms with van der Waals surface area (Å²) >= 11 is 0. The van der Waals surface area contributed by atoms with Crippen LogP contribution >= 0.6 is 0 Å².